The lowest BCUT2D eigenvalue weighted by Gasteiger charge is -2.18. The summed E-state index contributed by atoms with van der Waals surface area (Å²) in [5.41, 5.74) is 2.97. The average Bonchev–Trinajstić information content (AvgIpc) is 3.21. The number of sulfonamides is 1. The van der Waals surface area contributed by atoms with Crippen molar-refractivity contribution < 1.29 is 17.9 Å². The Morgan fingerprint density at radius 3 is 2.53 bits per heavy atom. The van der Waals surface area contributed by atoms with E-state index in [1.54, 1.807) is 48.4 Å². The molecule has 154 valence electrons. The largest absolute Gasteiger partial charge is 0.496 e. The van der Waals surface area contributed by atoms with Crippen LogP contribution in [0, 0.1) is 0 Å². The van der Waals surface area contributed by atoms with Crippen LogP contribution in [-0.2, 0) is 23.0 Å². The highest BCUT2D eigenvalue weighted by atomic mass is 32.2. The molecular weight excluding hydrogens is 400 g/mol. The Balaban J connectivity index is 1.53. The number of para-hydroxylation sites is 1. The van der Waals surface area contributed by atoms with E-state index < -0.39 is 10.0 Å². The number of amides is 1. The zero-order valence-corrected chi connectivity index (χ0v) is 17.4. The number of ether oxygens (including phenoxy) is 1. The molecule has 4 rings (SSSR count). The molecule has 0 bridgehead atoms. The maximum atomic E-state index is 12.8. The number of hydrogen-bond donors (Lipinski definition) is 1. The number of carbonyl (C=O) groups excluding carboxylic acids is 1. The van der Waals surface area contributed by atoms with E-state index in [2.05, 4.69) is 4.72 Å². The Morgan fingerprint density at radius 2 is 1.77 bits per heavy atom. The highest BCUT2D eigenvalue weighted by molar-refractivity contribution is 7.89. The smallest absolute Gasteiger partial charge is 0.258 e. The summed E-state index contributed by atoms with van der Waals surface area (Å²) in [5.74, 6) is 0.545. The van der Waals surface area contributed by atoms with Gasteiger partial charge in [-0.3, -0.25) is 4.79 Å². The number of rotatable bonds is 6. The van der Waals surface area contributed by atoms with E-state index in [-0.39, 0.29) is 17.3 Å². The van der Waals surface area contributed by atoms with Crippen molar-refractivity contribution in [3.05, 3.63) is 89.5 Å². The summed E-state index contributed by atoms with van der Waals surface area (Å²) in [6.45, 7) is 0.656. The van der Waals surface area contributed by atoms with Gasteiger partial charge in [0.15, 0.2) is 0 Å². The Hall–Kier alpha value is -3.16. The molecule has 0 saturated heterocycles. The van der Waals surface area contributed by atoms with Crippen molar-refractivity contribution >= 4 is 21.6 Å². The minimum absolute atomic E-state index is 0.0840. The highest BCUT2D eigenvalue weighted by Gasteiger charge is 2.27. The quantitative estimate of drug-likeness (QED) is 0.661. The summed E-state index contributed by atoms with van der Waals surface area (Å²) in [6.07, 6.45) is 0.615. The van der Waals surface area contributed by atoms with E-state index in [9.17, 15) is 13.2 Å². The number of nitrogens with one attached hydrogen (secondary N) is 1. The van der Waals surface area contributed by atoms with Crippen LogP contribution in [0.3, 0.4) is 0 Å². The molecule has 1 aliphatic heterocycles. The van der Waals surface area contributed by atoms with Crippen LogP contribution in [0.25, 0.3) is 0 Å². The fraction of sp³-hybridized carbons (Fsp3) is 0.174. The van der Waals surface area contributed by atoms with Crippen LogP contribution in [0.1, 0.15) is 21.5 Å². The fourth-order valence-electron chi connectivity index (χ4n) is 3.60. The van der Waals surface area contributed by atoms with Crippen LogP contribution in [0.4, 0.5) is 5.69 Å². The summed E-state index contributed by atoms with van der Waals surface area (Å²) in [6, 6.07) is 21.2. The first-order chi connectivity index (χ1) is 14.5. The summed E-state index contributed by atoms with van der Waals surface area (Å²) in [4.78, 5) is 14.7. The second-order valence-electron chi connectivity index (χ2n) is 7.00. The molecule has 1 aliphatic rings. The molecule has 1 heterocycles. The van der Waals surface area contributed by atoms with Crippen molar-refractivity contribution in [2.75, 3.05) is 18.6 Å². The van der Waals surface area contributed by atoms with Crippen LogP contribution in [-0.4, -0.2) is 28.0 Å². The van der Waals surface area contributed by atoms with E-state index in [0.717, 1.165) is 16.8 Å². The van der Waals surface area contributed by atoms with E-state index in [1.165, 1.54) is 0 Å². The Labute approximate surface area is 176 Å². The average molecular weight is 423 g/mol. The van der Waals surface area contributed by atoms with E-state index >= 15 is 0 Å². The second-order valence-corrected chi connectivity index (χ2v) is 8.77. The van der Waals surface area contributed by atoms with Crippen LogP contribution < -0.4 is 14.4 Å². The van der Waals surface area contributed by atoms with Crippen molar-refractivity contribution in [2.24, 2.45) is 0 Å². The molecule has 7 heteroatoms. The minimum atomic E-state index is -3.70. The van der Waals surface area contributed by atoms with Gasteiger partial charge in [0.2, 0.25) is 10.0 Å². The number of nitrogens with zero attached hydrogens (tertiary/aromatic N) is 1. The maximum Gasteiger partial charge on any atom is 0.258 e. The Bertz CT molecular complexity index is 1180. The topological polar surface area (TPSA) is 75.7 Å². The van der Waals surface area contributed by atoms with Gasteiger partial charge >= 0.3 is 0 Å². The second kappa shape index (κ2) is 8.30. The predicted molar refractivity (Wildman–Crippen MR) is 115 cm³/mol. The Morgan fingerprint density at radius 1 is 1.03 bits per heavy atom. The summed E-state index contributed by atoms with van der Waals surface area (Å²) < 4.78 is 33.5. The third kappa shape index (κ3) is 3.94. The number of methoxy groups -OCH3 is 1. The maximum absolute atomic E-state index is 12.8. The number of carbonyl (C=O) groups is 1. The van der Waals surface area contributed by atoms with Crippen molar-refractivity contribution in [1.82, 2.24) is 4.72 Å². The normalized spacial score (nSPS) is 13.2. The molecule has 6 nitrogen and oxygen atoms in total. The highest BCUT2D eigenvalue weighted by Crippen LogP contribution is 2.31. The minimum Gasteiger partial charge on any atom is -0.496 e. The number of benzene rings is 3. The van der Waals surface area contributed by atoms with Gasteiger partial charge in [0.25, 0.3) is 5.91 Å². The molecule has 1 amide bonds. The molecule has 0 unspecified atom stereocenters. The van der Waals surface area contributed by atoms with Gasteiger partial charge in [0.1, 0.15) is 5.75 Å². The lowest BCUT2D eigenvalue weighted by atomic mass is 10.1. The van der Waals surface area contributed by atoms with Crippen molar-refractivity contribution in [3.8, 4) is 5.75 Å². The van der Waals surface area contributed by atoms with E-state index in [1.807, 2.05) is 36.4 Å². The standard InChI is InChI=1S/C23H22N2O4S/c1-29-22-10-6-5-9-19(22)16-24-30(27,28)20-11-12-21-18(15-20)13-14-25(21)23(26)17-7-3-2-4-8-17/h2-12,15,24H,13-14,16H2,1H3. The molecule has 3 aromatic rings. The van der Waals surface area contributed by atoms with Gasteiger partial charge in [0, 0.05) is 29.9 Å². The monoisotopic (exact) mass is 422 g/mol. The molecule has 0 aliphatic carbocycles. The van der Waals surface area contributed by atoms with Crippen molar-refractivity contribution in [1.29, 1.82) is 0 Å². The van der Waals surface area contributed by atoms with E-state index in [0.29, 0.717) is 24.3 Å². The van der Waals surface area contributed by atoms with Gasteiger partial charge in [-0.1, -0.05) is 36.4 Å². The number of anilines is 1. The first-order valence-electron chi connectivity index (χ1n) is 9.61. The molecule has 0 atom stereocenters. The van der Waals surface area contributed by atoms with Crippen molar-refractivity contribution in [2.45, 2.75) is 17.9 Å². The lowest BCUT2D eigenvalue weighted by Crippen LogP contribution is -2.28. The Kier molecular flexibility index (Phi) is 5.57. The lowest BCUT2D eigenvalue weighted by molar-refractivity contribution is 0.0989. The number of fused-ring (bicyclic) bond motifs is 1. The fourth-order valence-corrected chi connectivity index (χ4v) is 4.65. The zero-order chi connectivity index (χ0) is 21.1. The first-order valence-corrected chi connectivity index (χ1v) is 11.1. The molecule has 0 saturated carbocycles. The summed E-state index contributed by atoms with van der Waals surface area (Å²) in [7, 11) is -2.15. The van der Waals surface area contributed by atoms with Gasteiger partial charge in [-0.2, -0.15) is 0 Å². The summed E-state index contributed by atoms with van der Waals surface area (Å²) >= 11 is 0. The molecule has 0 spiro atoms. The van der Waals surface area contributed by atoms with Crippen LogP contribution in [0.15, 0.2) is 77.7 Å². The van der Waals surface area contributed by atoms with Crippen molar-refractivity contribution in [3.63, 3.8) is 0 Å². The third-order valence-electron chi connectivity index (χ3n) is 5.17. The molecular formula is C23H22N2O4S. The summed E-state index contributed by atoms with van der Waals surface area (Å²) in [5, 5.41) is 0. The predicted octanol–water partition coefficient (Wildman–Crippen LogP) is 3.38. The third-order valence-corrected chi connectivity index (χ3v) is 6.57. The molecule has 3 aromatic carbocycles. The van der Waals surface area contributed by atoms with E-state index in [4.69, 9.17) is 4.74 Å². The van der Waals surface area contributed by atoms with Gasteiger partial charge in [-0.25, -0.2) is 13.1 Å². The molecule has 0 radical (unpaired) electrons. The molecule has 0 aromatic heterocycles. The number of hydrogen-bond acceptors (Lipinski definition) is 4. The van der Waals surface area contributed by atoms with Gasteiger partial charge in [-0.05, 0) is 48.4 Å². The SMILES string of the molecule is COc1ccccc1CNS(=O)(=O)c1ccc2c(c1)CCN2C(=O)c1ccccc1. The zero-order valence-electron chi connectivity index (χ0n) is 16.5. The van der Waals surface area contributed by atoms with Gasteiger partial charge < -0.3 is 9.64 Å². The first kappa shape index (κ1) is 20.1. The van der Waals surface area contributed by atoms with Gasteiger partial charge in [-0.15, -0.1) is 0 Å². The molecule has 1 N–H and O–H groups in total. The van der Waals surface area contributed by atoms with Gasteiger partial charge in [0.05, 0.1) is 12.0 Å². The van der Waals surface area contributed by atoms with Crippen LogP contribution in [0.2, 0.25) is 0 Å². The molecule has 0 fully saturated rings. The van der Waals surface area contributed by atoms with Crippen LogP contribution >= 0.6 is 0 Å². The van der Waals surface area contributed by atoms with Crippen LogP contribution in [0.5, 0.6) is 5.75 Å². The molecule has 30 heavy (non-hydrogen) atoms.